The van der Waals surface area contributed by atoms with Crippen molar-refractivity contribution in [3.8, 4) is 6.07 Å². The number of allylic oxidation sites excluding steroid dienone is 4. The molecule has 0 spiro atoms. The largest absolute Gasteiger partial charge is 0.387 e. The molecule has 0 radical (unpaired) electrons. The molecule has 18 heavy (non-hydrogen) atoms. The lowest BCUT2D eigenvalue weighted by molar-refractivity contribution is 0.120. The number of nitrogens with zero attached hydrogens (tertiary/aromatic N) is 1. The van der Waals surface area contributed by atoms with Crippen molar-refractivity contribution in [1.29, 1.82) is 5.26 Å². The standard InChI is InChI=1S/C15H16N2O/c1-4-14-10(2)15(11(3)17-18-14)13-7-5-6-12(8-13)9-16/h5-8,17H,4H2,1-3H3. The smallest absolute Gasteiger partial charge is 0.135 e. The molecule has 0 saturated carbocycles. The van der Waals surface area contributed by atoms with Gasteiger partial charge in [-0.15, -0.1) is 0 Å². The van der Waals surface area contributed by atoms with Gasteiger partial charge < -0.3 is 4.84 Å². The Kier molecular flexibility index (Phi) is 3.38. The van der Waals surface area contributed by atoms with Gasteiger partial charge in [0.25, 0.3) is 0 Å². The van der Waals surface area contributed by atoms with Gasteiger partial charge in [0, 0.05) is 12.0 Å². The predicted octanol–water partition coefficient (Wildman–Crippen LogP) is 3.51. The van der Waals surface area contributed by atoms with E-state index in [0.29, 0.717) is 5.56 Å². The van der Waals surface area contributed by atoms with Crippen LogP contribution in [0.3, 0.4) is 0 Å². The lowest BCUT2D eigenvalue weighted by Crippen LogP contribution is -2.19. The summed E-state index contributed by atoms with van der Waals surface area (Å²) in [5.41, 5.74) is 7.88. The van der Waals surface area contributed by atoms with Crippen molar-refractivity contribution in [2.45, 2.75) is 27.2 Å². The van der Waals surface area contributed by atoms with Crippen LogP contribution in [0, 0.1) is 11.3 Å². The predicted molar refractivity (Wildman–Crippen MR) is 71.0 cm³/mol. The molecule has 0 aromatic heterocycles. The first-order valence-corrected chi connectivity index (χ1v) is 6.01. The van der Waals surface area contributed by atoms with E-state index in [1.165, 1.54) is 0 Å². The summed E-state index contributed by atoms with van der Waals surface area (Å²) < 4.78 is 0. The van der Waals surface area contributed by atoms with Crippen molar-refractivity contribution in [3.63, 3.8) is 0 Å². The molecule has 0 aliphatic carbocycles. The van der Waals surface area contributed by atoms with E-state index >= 15 is 0 Å². The van der Waals surface area contributed by atoms with Crippen LogP contribution >= 0.6 is 0 Å². The molecule has 0 amide bonds. The van der Waals surface area contributed by atoms with Gasteiger partial charge in [-0.25, -0.2) is 5.48 Å². The first-order valence-electron chi connectivity index (χ1n) is 6.01. The molecule has 92 valence electrons. The van der Waals surface area contributed by atoms with Crippen LogP contribution in [-0.4, -0.2) is 0 Å². The van der Waals surface area contributed by atoms with Crippen molar-refractivity contribution in [2.75, 3.05) is 0 Å². The van der Waals surface area contributed by atoms with Gasteiger partial charge in [-0.2, -0.15) is 5.26 Å². The summed E-state index contributed by atoms with van der Waals surface area (Å²) in [4.78, 5) is 5.47. The first-order chi connectivity index (χ1) is 8.67. The van der Waals surface area contributed by atoms with Crippen LogP contribution in [-0.2, 0) is 4.84 Å². The van der Waals surface area contributed by atoms with Crippen LogP contribution in [0.5, 0.6) is 0 Å². The zero-order chi connectivity index (χ0) is 13.1. The fourth-order valence-corrected chi connectivity index (χ4v) is 2.20. The highest BCUT2D eigenvalue weighted by Gasteiger charge is 2.18. The van der Waals surface area contributed by atoms with Gasteiger partial charge in [-0.1, -0.05) is 19.1 Å². The van der Waals surface area contributed by atoms with Gasteiger partial charge in [-0.3, -0.25) is 0 Å². The summed E-state index contributed by atoms with van der Waals surface area (Å²) in [5.74, 6) is 0.943. The summed E-state index contributed by atoms with van der Waals surface area (Å²) in [6.07, 6.45) is 0.841. The number of nitriles is 1. The first kappa shape index (κ1) is 12.3. The third-order valence-electron chi connectivity index (χ3n) is 3.10. The Morgan fingerprint density at radius 2 is 2.11 bits per heavy atom. The van der Waals surface area contributed by atoms with Gasteiger partial charge >= 0.3 is 0 Å². The van der Waals surface area contributed by atoms with E-state index in [9.17, 15) is 0 Å². The summed E-state index contributed by atoms with van der Waals surface area (Å²) >= 11 is 0. The molecule has 1 N–H and O–H groups in total. The Bertz CT molecular complexity index is 576. The van der Waals surface area contributed by atoms with E-state index in [2.05, 4.69) is 25.4 Å². The van der Waals surface area contributed by atoms with Crippen molar-refractivity contribution >= 4 is 5.57 Å². The summed E-state index contributed by atoms with van der Waals surface area (Å²) in [6.45, 7) is 6.09. The highest BCUT2D eigenvalue weighted by Crippen LogP contribution is 2.32. The molecular weight excluding hydrogens is 224 g/mol. The van der Waals surface area contributed by atoms with Crippen molar-refractivity contribution < 1.29 is 4.84 Å². The Morgan fingerprint density at radius 1 is 1.33 bits per heavy atom. The SMILES string of the molecule is CCC1=C(C)C(c2cccc(C#N)c2)=C(C)NO1. The number of benzene rings is 1. The molecule has 1 aromatic rings. The molecule has 0 atom stereocenters. The fraction of sp³-hybridized carbons (Fsp3) is 0.267. The molecule has 1 aromatic carbocycles. The maximum Gasteiger partial charge on any atom is 0.135 e. The molecule has 1 aliphatic heterocycles. The second-order valence-corrected chi connectivity index (χ2v) is 4.30. The van der Waals surface area contributed by atoms with Gasteiger partial charge in [-0.05, 0) is 37.1 Å². The molecule has 0 bridgehead atoms. The zero-order valence-corrected chi connectivity index (χ0v) is 10.9. The Balaban J connectivity index is 2.54. The lowest BCUT2D eigenvalue weighted by atomic mass is 9.94. The van der Waals surface area contributed by atoms with Gasteiger partial charge in [0.2, 0.25) is 0 Å². The minimum absolute atomic E-state index is 0.671. The molecule has 0 unspecified atom stereocenters. The van der Waals surface area contributed by atoms with Crippen LogP contribution < -0.4 is 5.48 Å². The lowest BCUT2D eigenvalue weighted by Gasteiger charge is -2.24. The van der Waals surface area contributed by atoms with Gasteiger partial charge in [0.15, 0.2) is 0 Å². The average molecular weight is 240 g/mol. The van der Waals surface area contributed by atoms with Crippen molar-refractivity contribution in [1.82, 2.24) is 5.48 Å². The number of hydrogen-bond donors (Lipinski definition) is 1. The molecule has 3 heteroatoms. The molecular formula is C15H16N2O. The van der Waals surface area contributed by atoms with Crippen molar-refractivity contribution in [2.24, 2.45) is 0 Å². The molecule has 3 nitrogen and oxygen atoms in total. The van der Waals surface area contributed by atoms with Crippen LogP contribution in [0.2, 0.25) is 0 Å². The molecule has 1 heterocycles. The summed E-state index contributed by atoms with van der Waals surface area (Å²) in [5, 5.41) is 8.97. The zero-order valence-electron chi connectivity index (χ0n) is 10.9. The molecule has 0 fully saturated rings. The van der Waals surface area contributed by atoms with Crippen LogP contribution in [0.1, 0.15) is 38.3 Å². The van der Waals surface area contributed by atoms with Crippen LogP contribution in [0.25, 0.3) is 5.57 Å². The van der Waals surface area contributed by atoms with E-state index in [-0.39, 0.29) is 0 Å². The summed E-state index contributed by atoms with van der Waals surface area (Å²) in [7, 11) is 0. The number of rotatable bonds is 2. The Hall–Kier alpha value is -2.21. The fourth-order valence-electron chi connectivity index (χ4n) is 2.20. The van der Waals surface area contributed by atoms with Crippen molar-refractivity contribution in [3.05, 3.63) is 52.4 Å². The number of nitrogens with one attached hydrogen (secondary N) is 1. The Labute approximate surface area is 107 Å². The monoisotopic (exact) mass is 240 g/mol. The Morgan fingerprint density at radius 3 is 2.78 bits per heavy atom. The average Bonchev–Trinajstić information content (AvgIpc) is 2.39. The van der Waals surface area contributed by atoms with E-state index in [4.69, 9.17) is 10.1 Å². The van der Waals surface area contributed by atoms with Crippen LogP contribution in [0.15, 0.2) is 41.3 Å². The minimum Gasteiger partial charge on any atom is -0.387 e. The highest BCUT2D eigenvalue weighted by molar-refractivity contribution is 5.81. The van der Waals surface area contributed by atoms with E-state index in [1.807, 2.05) is 31.2 Å². The van der Waals surface area contributed by atoms with E-state index in [1.54, 1.807) is 0 Å². The molecule has 0 saturated heterocycles. The van der Waals surface area contributed by atoms with Gasteiger partial charge in [0.05, 0.1) is 17.3 Å². The second kappa shape index (κ2) is 4.97. The number of hydrogen-bond acceptors (Lipinski definition) is 3. The normalized spacial score (nSPS) is 15.0. The quantitative estimate of drug-likeness (QED) is 0.860. The third kappa shape index (κ3) is 2.10. The topological polar surface area (TPSA) is 45.0 Å². The number of hydroxylamine groups is 1. The van der Waals surface area contributed by atoms with Crippen LogP contribution in [0.4, 0.5) is 0 Å². The molecule has 1 aliphatic rings. The molecule has 2 rings (SSSR count). The van der Waals surface area contributed by atoms with E-state index in [0.717, 1.165) is 34.6 Å². The minimum atomic E-state index is 0.671. The maximum atomic E-state index is 8.97. The maximum absolute atomic E-state index is 8.97. The second-order valence-electron chi connectivity index (χ2n) is 4.30. The highest BCUT2D eigenvalue weighted by atomic mass is 16.6. The van der Waals surface area contributed by atoms with Gasteiger partial charge in [0.1, 0.15) is 5.76 Å². The third-order valence-corrected chi connectivity index (χ3v) is 3.10. The summed E-state index contributed by atoms with van der Waals surface area (Å²) in [6, 6.07) is 9.81. The van der Waals surface area contributed by atoms with E-state index < -0.39 is 0 Å².